The molecule has 2 nitrogen and oxygen atoms in total. The van der Waals surface area contributed by atoms with Crippen LogP contribution in [0.3, 0.4) is 0 Å². The zero-order valence-electron chi connectivity index (χ0n) is 12.6. The molecule has 1 heterocycles. The van der Waals surface area contributed by atoms with Crippen molar-refractivity contribution in [2.24, 2.45) is 11.8 Å². The van der Waals surface area contributed by atoms with E-state index < -0.39 is 0 Å². The first-order valence-electron chi connectivity index (χ1n) is 8.00. The van der Waals surface area contributed by atoms with E-state index in [1.54, 1.807) is 0 Å². The molecule has 1 aromatic carbocycles. The van der Waals surface area contributed by atoms with Crippen LogP contribution in [0.4, 0.5) is 5.69 Å². The Kier molecular flexibility index (Phi) is 4.64. The predicted octanol–water partition coefficient (Wildman–Crippen LogP) is 5.52. The molecule has 0 unspecified atom stereocenters. The average molecular weight is 303 g/mol. The van der Waals surface area contributed by atoms with Gasteiger partial charge in [-0.3, -0.25) is 4.98 Å². The standard InChI is InChI=1S/C18H23ClN2/c1-13-2-4-14(5-3-13)8-10-20-17-9-11-21-18-12-15(19)6-7-16(17)18/h6-7,9,11-14H,2-5,8,10H2,1H3,(H,20,21). The molecule has 1 aliphatic rings. The van der Waals surface area contributed by atoms with Gasteiger partial charge in [0.15, 0.2) is 0 Å². The van der Waals surface area contributed by atoms with Gasteiger partial charge in [0.1, 0.15) is 0 Å². The molecule has 1 fully saturated rings. The third-order valence-electron chi connectivity index (χ3n) is 4.71. The fourth-order valence-electron chi connectivity index (χ4n) is 3.30. The molecular formula is C18H23ClN2. The number of fused-ring (bicyclic) bond motifs is 1. The van der Waals surface area contributed by atoms with Crippen molar-refractivity contribution in [1.29, 1.82) is 0 Å². The van der Waals surface area contributed by atoms with Crippen LogP contribution in [0, 0.1) is 11.8 Å². The topological polar surface area (TPSA) is 24.9 Å². The van der Waals surface area contributed by atoms with Gasteiger partial charge in [0.05, 0.1) is 5.52 Å². The maximum atomic E-state index is 6.03. The monoisotopic (exact) mass is 302 g/mol. The summed E-state index contributed by atoms with van der Waals surface area (Å²) in [5.41, 5.74) is 2.12. The molecule has 112 valence electrons. The number of benzene rings is 1. The highest BCUT2D eigenvalue weighted by Crippen LogP contribution is 2.30. The van der Waals surface area contributed by atoms with Gasteiger partial charge in [0.25, 0.3) is 0 Å². The van der Waals surface area contributed by atoms with Gasteiger partial charge in [-0.05, 0) is 42.5 Å². The van der Waals surface area contributed by atoms with Crippen molar-refractivity contribution in [2.45, 2.75) is 39.0 Å². The van der Waals surface area contributed by atoms with Gasteiger partial charge in [-0.1, -0.05) is 44.2 Å². The molecule has 0 saturated heterocycles. The normalized spacial score (nSPS) is 22.4. The van der Waals surface area contributed by atoms with E-state index in [1.807, 2.05) is 18.3 Å². The molecule has 1 aliphatic carbocycles. The van der Waals surface area contributed by atoms with Crippen molar-refractivity contribution in [3.63, 3.8) is 0 Å². The van der Waals surface area contributed by atoms with Gasteiger partial charge in [0.2, 0.25) is 0 Å². The molecule has 2 aromatic rings. The number of anilines is 1. The van der Waals surface area contributed by atoms with Crippen LogP contribution in [0.15, 0.2) is 30.5 Å². The third kappa shape index (κ3) is 3.68. The second-order valence-corrected chi connectivity index (χ2v) is 6.80. The molecule has 0 aliphatic heterocycles. The molecule has 1 N–H and O–H groups in total. The minimum Gasteiger partial charge on any atom is -0.384 e. The molecular weight excluding hydrogens is 280 g/mol. The van der Waals surface area contributed by atoms with Crippen molar-refractivity contribution in [3.05, 3.63) is 35.5 Å². The SMILES string of the molecule is CC1CCC(CCNc2ccnc3cc(Cl)ccc23)CC1. The number of hydrogen-bond donors (Lipinski definition) is 1. The summed E-state index contributed by atoms with van der Waals surface area (Å²) in [6.45, 7) is 3.42. The van der Waals surface area contributed by atoms with Gasteiger partial charge in [0, 0.05) is 28.8 Å². The number of rotatable bonds is 4. The van der Waals surface area contributed by atoms with Crippen molar-refractivity contribution < 1.29 is 0 Å². The van der Waals surface area contributed by atoms with Crippen molar-refractivity contribution >= 4 is 28.2 Å². The molecule has 21 heavy (non-hydrogen) atoms. The largest absolute Gasteiger partial charge is 0.384 e. The van der Waals surface area contributed by atoms with Gasteiger partial charge in [-0.2, -0.15) is 0 Å². The smallest absolute Gasteiger partial charge is 0.0737 e. The van der Waals surface area contributed by atoms with Gasteiger partial charge in [-0.15, -0.1) is 0 Å². The minimum atomic E-state index is 0.739. The molecule has 0 bridgehead atoms. The first-order chi connectivity index (χ1) is 10.2. The fourth-order valence-corrected chi connectivity index (χ4v) is 3.47. The quantitative estimate of drug-likeness (QED) is 0.804. The highest BCUT2D eigenvalue weighted by molar-refractivity contribution is 6.31. The molecule has 0 spiro atoms. The molecule has 3 rings (SSSR count). The summed E-state index contributed by atoms with van der Waals surface area (Å²) in [6, 6.07) is 7.96. The van der Waals surface area contributed by atoms with Crippen LogP contribution < -0.4 is 5.32 Å². The number of nitrogens with one attached hydrogen (secondary N) is 1. The molecule has 3 heteroatoms. The van der Waals surface area contributed by atoms with Crippen LogP contribution >= 0.6 is 11.6 Å². The number of halogens is 1. The number of pyridine rings is 1. The Labute approximate surface area is 131 Å². The van der Waals surface area contributed by atoms with Gasteiger partial charge < -0.3 is 5.32 Å². The van der Waals surface area contributed by atoms with Crippen LogP contribution in [-0.4, -0.2) is 11.5 Å². The van der Waals surface area contributed by atoms with Crippen LogP contribution in [0.1, 0.15) is 39.0 Å². The average Bonchev–Trinajstić information content (AvgIpc) is 2.49. The van der Waals surface area contributed by atoms with Crippen molar-refractivity contribution in [1.82, 2.24) is 4.98 Å². The Balaban J connectivity index is 1.60. The second kappa shape index (κ2) is 6.65. The van der Waals surface area contributed by atoms with E-state index in [9.17, 15) is 0 Å². The summed E-state index contributed by atoms with van der Waals surface area (Å²) in [5.74, 6) is 1.83. The lowest BCUT2D eigenvalue weighted by atomic mass is 9.81. The summed E-state index contributed by atoms with van der Waals surface area (Å²) in [4.78, 5) is 4.38. The molecule has 0 atom stereocenters. The summed E-state index contributed by atoms with van der Waals surface area (Å²) in [6.07, 6.45) is 8.72. The highest BCUT2D eigenvalue weighted by atomic mass is 35.5. The van der Waals surface area contributed by atoms with Crippen LogP contribution in [0.5, 0.6) is 0 Å². The minimum absolute atomic E-state index is 0.739. The predicted molar refractivity (Wildman–Crippen MR) is 91.0 cm³/mol. The lowest BCUT2D eigenvalue weighted by molar-refractivity contribution is 0.282. The van der Waals surface area contributed by atoms with E-state index >= 15 is 0 Å². The summed E-state index contributed by atoms with van der Waals surface area (Å²) >= 11 is 6.03. The molecule has 1 aromatic heterocycles. The summed E-state index contributed by atoms with van der Waals surface area (Å²) < 4.78 is 0. The van der Waals surface area contributed by atoms with Gasteiger partial charge in [-0.25, -0.2) is 0 Å². The zero-order chi connectivity index (χ0) is 14.7. The second-order valence-electron chi connectivity index (χ2n) is 6.36. The summed E-state index contributed by atoms with van der Waals surface area (Å²) in [7, 11) is 0. The van der Waals surface area contributed by atoms with Crippen LogP contribution in [0.25, 0.3) is 10.9 Å². The first kappa shape index (κ1) is 14.6. The van der Waals surface area contributed by atoms with Crippen LogP contribution in [-0.2, 0) is 0 Å². The van der Waals surface area contributed by atoms with Crippen molar-refractivity contribution in [3.8, 4) is 0 Å². The van der Waals surface area contributed by atoms with Gasteiger partial charge >= 0.3 is 0 Å². The number of aromatic nitrogens is 1. The third-order valence-corrected chi connectivity index (χ3v) is 4.94. The van der Waals surface area contributed by atoms with E-state index in [0.717, 1.165) is 34.3 Å². The maximum absolute atomic E-state index is 6.03. The van der Waals surface area contributed by atoms with Crippen LogP contribution in [0.2, 0.25) is 5.02 Å². The maximum Gasteiger partial charge on any atom is 0.0737 e. The Morgan fingerprint density at radius 3 is 2.81 bits per heavy atom. The fraction of sp³-hybridized carbons (Fsp3) is 0.500. The lowest BCUT2D eigenvalue weighted by Gasteiger charge is -2.26. The van der Waals surface area contributed by atoms with Crippen molar-refractivity contribution in [2.75, 3.05) is 11.9 Å². The molecule has 1 saturated carbocycles. The lowest BCUT2D eigenvalue weighted by Crippen LogP contribution is -2.15. The first-order valence-corrected chi connectivity index (χ1v) is 8.38. The molecule has 0 amide bonds. The molecule has 0 radical (unpaired) electrons. The Morgan fingerprint density at radius 1 is 1.19 bits per heavy atom. The van der Waals surface area contributed by atoms with E-state index in [4.69, 9.17) is 11.6 Å². The van der Waals surface area contributed by atoms with E-state index in [-0.39, 0.29) is 0 Å². The van der Waals surface area contributed by atoms with E-state index in [2.05, 4.69) is 29.4 Å². The van der Waals surface area contributed by atoms with E-state index in [1.165, 1.54) is 37.8 Å². The highest BCUT2D eigenvalue weighted by Gasteiger charge is 2.17. The summed E-state index contributed by atoms with van der Waals surface area (Å²) in [5, 5.41) is 5.47. The Hall–Kier alpha value is -1.28. The number of nitrogens with zero attached hydrogens (tertiary/aromatic N) is 1. The zero-order valence-corrected chi connectivity index (χ0v) is 13.4. The Morgan fingerprint density at radius 2 is 2.00 bits per heavy atom. The Bertz CT molecular complexity index is 603. The van der Waals surface area contributed by atoms with E-state index in [0.29, 0.717) is 0 Å². The number of hydrogen-bond acceptors (Lipinski definition) is 2.